The van der Waals surface area contributed by atoms with Crippen molar-refractivity contribution in [2.24, 2.45) is 10.9 Å². The van der Waals surface area contributed by atoms with Gasteiger partial charge >= 0.3 is 5.91 Å². The molecule has 0 fully saturated rings. The first-order chi connectivity index (χ1) is 15.3. The number of nitroso groups, excluding NO2 is 1. The monoisotopic (exact) mass is 452 g/mol. The van der Waals surface area contributed by atoms with Crippen LogP contribution in [0.3, 0.4) is 0 Å². The van der Waals surface area contributed by atoms with E-state index in [0.29, 0.717) is 6.42 Å². The van der Waals surface area contributed by atoms with Gasteiger partial charge in [-0.25, -0.2) is 4.98 Å². The molecule has 170 valence electrons. The van der Waals surface area contributed by atoms with Crippen molar-refractivity contribution >= 4 is 29.3 Å². The molecular weight excluding hydrogens is 420 g/mol. The number of aryl methyl sites for hydroxylation is 1. The van der Waals surface area contributed by atoms with Crippen molar-refractivity contribution in [1.82, 2.24) is 9.97 Å². The zero-order chi connectivity index (χ0) is 23.5. The predicted octanol–water partition coefficient (Wildman–Crippen LogP) is 5.84. The van der Waals surface area contributed by atoms with Crippen LogP contribution in [0.15, 0.2) is 58.4 Å². The topological polar surface area (TPSA) is 101 Å². The summed E-state index contributed by atoms with van der Waals surface area (Å²) in [5.74, 6) is 0.117. The first-order valence-electron chi connectivity index (χ1n) is 10.8. The summed E-state index contributed by atoms with van der Waals surface area (Å²) < 4.78 is 0. The van der Waals surface area contributed by atoms with Crippen molar-refractivity contribution in [3.63, 3.8) is 0 Å². The van der Waals surface area contributed by atoms with Crippen LogP contribution in [-0.4, -0.2) is 27.7 Å². The number of aromatic nitrogens is 2. The van der Waals surface area contributed by atoms with Gasteiger partial charge in [-0.1, -0.05) is 66.8 Å². The number of nitrogens with zero attached hydrogens (tertiary/aromatic N) is 2. The standard InChI is InChI=1S/C25H32N4O2S/c1-5-8-20(21-12-10-19(11-13-21)16-22(26)24(30)29-31)9-6-7-14-32-25-27-18(4)23(28-25)15-17(2)3/h6,8-13,15,22H,5,7,14,16,26H2,1-4H3,(H,27,28)/b9-6-,20-8+. The van der Waals surface area contributed by atoms with Gasteiger partial charge < -0.3 is 10.7 Å². The van der Waals surface area contributed by atoms with Gasteiger partial charge in [0, 0.05) is 16.6 Å². The lowest BCUT2D eigenvalue weighted by atomic mass is 9.99. The predicted molar refractivity (Wildman–Crippen MR) is 134 cm³/mol. The second kappa shape index (κ2) is 12.9. The highest BCUT2D eigenvalue weighted by Crippen LogP contribution is 2.21. The molecule has 0 bridgehead atoms. The van der Waals surface area contributed by atoms with Crippen LogP contribution in [0.2, 0.25) is 0 Å². The van der Waals surface area contributed by atoms with Crippen molar-refractivity contribution in [1.29, 1.82) is 0 Å². The van der Waals surface area contributed by atoms with E-state index < -0.39 is 11.9 Å². The fourth-order valence-corrected chi connectivity index (χ4v) is 3.94. The molecule has 1 amide bonds. The smallest absolute Gasteiger partial charge is 0.303 e. The van der Waals surface area contributed by atoms with Gasteiger partial charge in [0.05, 0.1) is 11.7 Å². The minimum atomic E-state index is -0.891. The number of carbonyl (C=O) groups is 1. The minimum absolute atomic E-state index is 0.298. The maximum Gasteiger partial charge on any atom is 0.303 e. The lowest BCUT2D eigenvalue weighted by Crippen LogP contribution is -2.31. The highest BCUT2D eigenvalue weighted by Gasteiger charge is 2.14. The van der Waals surface area contributed by atoms with Crippen LogP contribution in [0, 0.1) is 11.8 Å². The molecule has 6 nitrogen and oxygen atoms in total. The summed E-state index contributed by atoms with van der Waals surface area (Å²) >= 11 is 1.72. The zero-order valence-corrected chi connectivity index (χ0v) is 20.0. The lowest BCUT2D eigenvalue weighted by Gasteiger charge is -2.08. The molecule has 0 saturated carbocycles. The molecule has 1 atom stereocenters. The van der Waals surface area contributed by atoms with Crippen molar-refractivity contribution < 1.29 is 4.79 Å². The summed E-state index contributed by atoms with van der Waals surface area (Å²) in [6.45, 7) is 8.30. The number of carbonyl (C=O) groups excluding carboxylic acids is 1. The average Bonchev–Trinajstić information content (AvgIpc) is 3.11. The number of benzene rings is 1. The third kappa shape index (κ3) is 8.05. The molecule has 7 heteroatoms. The Morgan fingerprint density at radius 3 is 2.62 bits per heavy atom. The van der Waals surface area contributed by atoms with Gasteiger partial charge in [-0.2, -0.15) is 0 Å². The number of imidazole rings is 1. The molecule has 1 aromatic carbocycles. The summed E-state index contributed by atoms with van der Waals surface area (Å²) in [6.07, 6.45) is 10.8. The number of nitrogens with two attached hydrogens (primary N) is 1. The van der Waals surface area contributed by atoms with E-state index in [9.17, 15) is 9.70 Å². The first-order valence-corrected chi connectivity index (χ1v) is 11.8. The van der Waals surface area contributed by atoms with E-state index in [1.807, 2.05) is 31.2 Å². The number of H-pyrrole nitrogens is 1. The molecule has 0 radical (unpaired) electrons. The third-order valence-corrected chi connectivity index (χ3v) is 5.63. The van der Waals surface area contributed by atoms with Crippen molar-refractivity contribution in [2.45, 2.75) is 58.2 Å². The Kier molecular flexibility index (Phi) is 10.3. The number of aromatic amines is 1. The zero-order valence-electron chi connectivity index (χ0n) is 19.2. The number of hydrogen-bond donors (Lipinski definition) is 2. The van der Waals surface area contributed by atoms with Gasteiger partial charge in [-0.05, 0) is 62.8 Å². The average molecular weight is 453 g/mol. The Balaban J connectivity index is 1.93. The highest BCUT2D eigenvalue weighted by atomic mass is 32.2. The Bertz CT molecular complexity index is 999. The molecule has 1 heterocycles. The molecule has 2 aromatic rings. The molecule has 2 rings (SSSR count). The Hall–Kier alpha value is -2.77. The van der Waals surface area contributed by atoms with Crippen molar-refractivity contribution in [2.75, 3.05) is 5.75 Å². The Labute approximate surface area is 194 Å². The number of allylic oxidation sites excluding steroid dienone is 5. The van der Waals surface area contributed by atoms with Crippen LogP contribution in [-0.2, 0) is 11.2 Å². The van der Waals surface area contributed by atoms with Crippen molar-refractivity contribution in [3.05, 3.63) is 75.5 Å². The molecule has 0 aliphatic carbocycles. The summed E-state index contributed by atoms with van der Waals surface area (Å²) in [5.41, 5.74) is 12.2. The van der Waals surface area contributed by atoms with Crippen LogP contribution in [0.4, 0.5) is 0 Å². The van der Waals surface area contributed by atoms with E-state index in [1.165, 1.54) is 5.57 Å². The third-order valence-electron chi connectivity index (χ3n) is 4.72. The van der Waals surface area contributed by atoms with Gasteiger partial charge in [0.25, 0.3) is 0 Å². The van der Waals surface area contributed by atoms with E-state index in [0.717, 1.165) is 51.8 Å². The molecule has 0 spiro atoms. The number of hydrogen-bond acceptors (Lipinski definition) is 5. The van der Waals surface area contributed by atoms with Crippen LogP contribution in [0.25, 0.3) is 11.6 Å². The molecule has 1 unspecified atom stereocenters. The van der Waals surface area contributed by atoms with Crippen molar-refractivity contribution in [3.8, 4) is 0 Å². The van der Waals surface area contributed by atoms with E-state index in [1.54, 1.807) is 11.8 Å². The number of rotatable bonds is 11. The molecule has 0 aliphatic heterocycles. The van der Waals surface area contributed by atoms with Gasteiger partial charge in [0.2, 0.25) is 0 Å². The number of nitrogens with one attached hydrogen (secondary N) is 1. The van der Waals surface area contributed by atoms with Gasteiger partial charge in [0.1, 0.15) is 0 Å². The summed E-state index contributed by atoms with van der Waals surface area (Å²) in [7, 11) is 0. The molecule has 0 saturated heterocycles. The highest BCUT2D eigenvalue weighted by molar-refractivity contribution is 7.99. The lowest BCUT2D eigenvalue weighted by molar-refractivity contribution is -0.119. The first kappa shape index (κ1) is 25.5. The molecule has 0 aliphatic rings. The van der Waals surface area contributed by atoms with Crippen LogP contribution < -0.4 is 5.73 Å². The van der Waals surface area contributed by atoms with E-state index in [4.69, 9.17) is 5.73 Å². The molecular formula is C25H32N4O2S. The molecule has 32 heavy (non-hydrogen) atoms. The summed E-state index contributed by atoms with van der Waals surface area (Å²) in [5, 5.41) is 3.35. The fraction of sp³-hybridized carbons (Fsp3) is 0.360. The Morgan fingerprint density at radius 1 is 1.28 bits per heavy atom. The molecule has 1 aromatic heterocycles. The second-order valence-electron chi connectivity index (χ2n) is 7.82. The van der Waals surface area contributed by atoms with E-state index >= 15 is 0 Å². The maximum absolute atomic E-state index is 11.3. The molecule has 3 N–H and O–H groups in total. The quantitative estimate of drug-likeness (QED) is 0.193. The van der Waals surface area contributed by atoms with Crippen LogP contribution in [0.1, 0.15) is 56.1 Å². The second-order valence-corrected chi connectivity index (χ2v) is 8.90. The number of thioether (sulfide) groups is 1. The van der Waals surface area contributed by atoms with Crippen LogP contribution in [0.5, 0.6) is 0 Å². The Morgan fingerprint density at radius 2 is 2.00 bits per heavy atom. The maximum atomic E-state index is 11.3. The van der Waals surface area contributed by atoms with Gasteiger partial charge in [0.15, 0.2) is 5.16 Å². The van der Waals surface area contributed by atoms with Crippen LogP contribution >= 0.6 is 11.8 Å². The van der Waals surface area contributed by atoms with Gasteiger partial charge in [-0.3, -0.25) is 4.79 Å². The van der Waals surface area contributed by atoms with E-state index in [2.05, 4.69) is 60.2 Å². The summed E-state index contributed by atoms with van der Waals surface area (Å²) in [6, 6.07) is 7.00. The van der Waals surface area contributed by atoms with Gasteiger partial charge in [-0.15, -0.1) is 4.91 Å². The normalized spacial score (nSPS) is 12.7. The minimum Gasteiger partial charge on any atom is -0.337 e. The largest absolute Gasteiger partial charge is 0.337 e. The van der Waals surface area contributed by atoms with E-state index in [-0.39, 0.29) is 0 Å². The SMILES string of the molecule is CC/C=C(\C=C/CCSc1nc(C=C(C)C)c(C)[nH]1)c1ccc(CC(N)C(=O)N=O)cc1. The number of amides is 1. The summed E-state index contributed by atoms with van der Waals surface area (Å²) in [4.78, 5) is 29.6. The fourth-order valence-electron chi connectivity index (χ4n) is 3.11.